The lowest BCUT2D eigenvalue weighted by Gasteiger charge is -2.36. The number of fused-ring (bicyclic) bond motifs is 7. The van der Waals surface area contributed by atoms with Gasteiger partial charge in [-0.15, -0.1) is 0 Å². The van der Waals surface area contributed by atoms with E-state index in [1.54, 1.807) is 13.1 Å². The molecule has 1 aromatic heterocycles. The number of benzene rings is 2. The van der Waals surface area contributed by atoms with Gasteiger partial charge >= 0.3 is 0 Å². The molecule has 1 amide bonds. The van der Waals surface area contributed by atoms with Gasteiger partial charge in [0.1, 0.15) is 5.75 Å². The van der Waals surface area contributed by atoms with Gasteiger partial charge in [-0.2, -0.15) is 0 Å². The quantitative estimate of drug-likeness (QED) is 0.318. The number of nitrogens with one attached hydrogen (secondary N) is 2. The zero-order chi connectivity index (χ0) is 29.9. The minimum atomic E-state index is -0.0651. The molecule has 224 valence electrons. The molecule has 2 aromatic carbocycles. The first-order valence-corrected chi connectivity index (χ1v) is 14.9. The van der Waals surface area contributed by atoms with E-state index in [1.165, 1.54) is 0 Å². The van der Waals surface area contributed by atoms with E-state index in [4.69, 9.17) is 14.5 Å². The van der Waals surface area contributed by atoms with Crippen LogP contribution in [0.1, 0.15) is 31.7 Å². The van der Waals surface area contributed by atoms with E-state index >= 15 is 0 Å². The van der Waals surface area contributed by atoms with Crippen molar-refractivity contribution in [3.05, 3.63) is 72.4 Å². The van der Waals surface area contributed by atoms with Gasteiger partial charge in [0, 0.05) is 55.4 Å². The lowest BCUT2D eigenvalue weighted by atomic mass is 10.0. The maximum atomic E-state index is 12.1. The normalized spacial score (nSPS) is 16.5. The van der Waals surface area contributed by atoms with Gasteiger partial charge in [-0.1, -0.05) is 30.2 Å². The number of anilines is 3. The van der Waals surface area contributed by atoms with Crippen molar-refractivity contribution in [1.82, 2.24) is 19.8 Å². The summed E-state index contributed by atoms with van der Waals surface area (Å²) in [6.45, 7) is 6.49. The number of carbonyl (C=O) groups is 1. The predicted molar refractivity (Wildman–Crippen MR) is 170 cm³/mol. The van der Waals surface area contributed by atoms with Crippen molar-refractivity contribution in [3.8, 4) is 28.8 Å². The molecule has 2 N–H and O–H groups in total. The Labute approximate surface area is 254 Å². The topological polar surface area (TPSA) is 91.9 Å². The van der Waals surface area contributed by atoms with E-state index in [0.717, 1.165) is 79.4 Å². The van der Waals surface area contributed by atoms with Crippen LogP contribution < -0.4 is 15.4 Å². The van der Waals surface area contributed by atoms with Crippen molar-refractivity contribution in [1.29, 1.82) is 0 Å². The van der Waals surface area contributed by atoms with Crippen molar-refractivity contribution in [2.45, 2.75) is 38.8 Å². The highest BCUT2D eigenvalue weighted by Crippen LogP contribution is 2.26. The standard InChI is InChI=1S/C34H40N6O3/c1-3-8-33(41)40-16-12-30(13-17-40)39(2)18-15-35-28-21-26-22-29(24-28)37-34-36-14-11-32(38-34)27-9-7-10-31(23-27)43-20-6-4-5-19-42-25-26/h4-5,7,9-11,14,21-24,30,35H,6,12-13,15-20,25H2,1-2H3,(H,36,37,38)/b5-4+. The summed E-state index contributed by atoms with van der Waals surface area (Å²) in [5.74, 6) is 6.63. The molecule has 3 heterocycles. The number of rotatable bonds is 5. The summed E-state index contributed by atoms with van der Waals surface area (Å²) in [4.78, 5) is 25.6. The maximum Gasteiger partial charge on any atom is 0.298 e. The molecule has 6 bridgehead atoms. The number of nitrogens with zero attached hydrogens (tertiary/aromatic N) is 4. The molecule has 1 saturated heterocycles. The second-order valence-electron chi connectivity index (χ2n) is 10.8. The Morgan fingerprint density at radius 1 is 1.16 bits per heavy atom. The summed E-state index contributed by atoms with van der Waals surface area (Å²) in [5.41, 5.74) is 4.73. The number of hydrogen-bond acceptors (Lipinski definition) is 8. The van der Waals surface area contributed by atoms with Gasteiger partial charge in [-0.05, 0) is 81.1 Å². The molecule has 43 heavy (non-hydrogen) atoms. The molecule has 9 nitrogen and oxygen atoms in total. The van der Waals surface area contributed by atoms with E-state index in [9.17, 15) is 4.79 Å². The molecule has 2 aliphatic rings. The third-order valence-corrected chi connectivity index (χ3v) is 7.64. The van der Waals surface area contributed by atoms with Crippen LogP contribution in [0.5, 0.6) is 5.75 Å². The van der Waals surface area contributed by atoms with Crippen molar-refractivity contribution in [3.63, 3.8) is 0 Å². The molecule has 2 aliphatic heterocycles. The Morgan fingerprint density at radius 3 is 2.91 bits per heavy atom. The molecule has 0 unspecified atom stereocenters. The fourth-order valence-electron chi connectivity index (χ4n) is 5.33. The number of likely N-dealkylation sites (tertiary alicyclic amines) is 1. The third-order valence-electron chi connectivity index (χ3n) is 7.64. The number of amides is 1. The highest BCUT2D eigenvalue weighted by molar-refractivity contribution is 5.93. The molecule has 9 heteroatoms. The van der Waals surface area contributed by atoms with Crippen LogP contribution in [0.2, 0.25) is 0 Å². The molecule has 0 aliphatic carbocycles. The molecule has 0 atom stereocenters. The largest absolute Gasteiger partial charge is 0.493 e. The molecule has 3 aromatic rings. The van der Waals surface area contributed by atoms with Crippen LogP contribution in [0.25, 0.3) is 11.3 Å². The van der Waals surface area contributed by atoms with Crippen LogP contribution in [0.15, 0.2) is 66.9 Å². The third kappa shape index (κ3) is 8.80. The van der Waals surface area contributed by atoms with Crippen molar-refractivity contribution >= 4 is 23.2 Å². The van der Waals surface area contributed by atoms with Crippen LogP contribution in [0.3, 0.4) is 0 Å². The van der Waals surface area contributed by atoms with E-state index in [0.29, 0.717) is 31.8 Å². The summed E-state index contributed by atoms with van der Waals surface area (Å²) < 4.78 is 11.9. The minimum Gasteiger partial charge on any atom is -0.493 e. The van der Waals surface area contributed by atoms with Gasteiger partial charge in [0.05, 0.1) is 25.5 Å². The SMILES string of the molecule is CC#CC(=O)N1CCC(N(C)CCNc2cc3cc(c2)Nc2nccc(n2)-c2cccc(c2)OCC/C=C/COC3)CC1. The second kappa shape index (κ2) is 15.2. The van der Waals surface area contributed by atoms with Crippen LogP contribution in [-0.2, 0) is 16.1 Å². The summed E-state index contributed by atoms with van der Waals surface area (Å²) in [7, 11) is 2.16. The highest BCUT2D eigenvalue weighted by atomic mass is 16.5. The van der Waals surface area contributed by atoms with Gasteiger partial charge < -0.3 is 29.9 Å². The monoisotopic (exact) mass is 580 g/mol. The van der Waals surface area contributed by atoms with Crippen LogP contribution >= 0.6 is 0 Å². The molecule has 0 saturated carbocycles. The first-order valence-electron chi connectivity index (χ1n) is 14.9. The van der Waals surface area contributed by atoms with Gasteiger partial charge in [-0.25, -0.2) is 9.97 Å². The van der Waals surface area contributed by atoms with E-state index in [-0.39, 0.29) is 5.91 Å². The summed E-state index contributed by atoms with van der Waals surface area (Å²) in [6, 6.07) is 16.6. The Kier molecular flexibility index (Phi) is 10.6. The summed E-state index contributed by atoms with van der Waals surface area (Å²) >= 11 is 0. The highest BCUT2D eigenvalue weighted by Gasteiger charge is 2.24. The number of aromatic nitrogens is 2. The second-order valence-corrected chi connectivity index (χ2v) is 10.8. The lowest BCUT2D eigenvalue weighted by Crippen LogP contribution is -2.46. The number of carbonyl (C=O) groups excluding carboxylic acids is 1. The van der Waals surface area contributed by atoms with Gasteiger partial charge in [-0.3, -0.25) is 4.79 Å². The fraction of sp³-hybridized carbons (Fsp3) is 0.382. The van der Waals surface area contributed by atoms with E-state index in [1.807, 2.05) is 41.3 Å². The minimum absolute atomic E-state index is 0.0651. The van der Waals surface area contributed by atoms with Gasteiger partial charge in [0.15, 0.2) is 0 Å². The molecule has 0 spiro atoms. The van der Waals surface area contributed by atoms with E-state index in [2.05, 4.69) is 63.7 Å². The molecular formula is C34H40N6O3. The first-order chi connectivity index (χ1) is 21.1. The number of piperidine rings is 1. The Balaban J connectivity index is 1.26. The average molecular weight is 581 g/mol. The number of hydrogen-bond donors (Lipinski definition) is 2. The predicted octanol–water partition coefficient (Wildman–Crippen LogP) is 5.10. The molecular weight excluding hydrogens is 540 g/mol. The summed E-state index contributed by atoms with van der Waals surface area (Å²) in [6.07, 6.45) is 8.61. The van der Waals surface area contributed by atoms with Crippen LogP contribution in [-0.4, -0.2) is 78.2 Å². The number of likely N-dealkylation sites (N-methyl/N-ethyl adjacent to an activating group) is 1. The summed E-state index contributed by atoms with van der Waals surface area (Å²) in [5, 5.41) is 6.99. The Hall–Kier alpha value is -4.39. The van der Waals surface area contributed by atoms with Crippen LogP contribution in [0, 0.1) is 11.8 Å². The van der Waals surface area contributed by atoms with Gasteiger partial charge in [0.25, 0.3) is 5.91 Å². The average Bonchev–Trinajstić information content (AvgIpc) is 3.02. The Morgan fingerprint density at radius 2 is 2.05 bits per heavy atom. The zero-order valence-corrected chi connectivity index (χ0v) is 25.0. The van der Waals surface area contributed by atoms with Gasteiger partial charge in [0.2, 0.25) is 5.95 Å². The first kappa shape index (κ1) is 30.1. The Bertz CT molecular complexity index is 1470. The van der Waals surface area contributed by atoms with Crippen molar-refractivity contribution in [2.24, 2.45) is 0 Å². The molecule has 1 fully saturated rings. The van der Waals surface area contributed by atoms with Crippen molar-refractivity contribution in [2.75, 3.05) is 57.1 Å². The zero-order valence-electron chi connectivity index (χ0n) is 25.0. The van der Waals surface area contributed by atoms with Crippen LogP contribution in [0.4, 0.5) is 17.3 Å². The molecule has 5 rings (SSSR count). The van der Waals surface area contributed by atoms with E-state index < -0.39 is 0 Å². The number of ether oxygens (including phenoxy) is 2. The maximum absolute atomic E-state index is 12.1. The fourth-order valence-corrected chi connectivity index (χ4v) is 5.33. The lowest BCUT2D eigenvalue weighted by molar-refractivity contribution is -0.126. The smallest absolute Gasteiger partial charge is 0.298 e. The van der Waals surface area contributed by atoms with Crippen molar-refractivity contribution < 1.29 is 14.3 Å². The molecule has 0 radical (unpaired) electrons.